The number of allylic oxidation sites excluding steroid dienone is 1. The zero-order chi connectivity index (χ0) is 19.4. The standard InChI is InChI=1S/C20H13ClFN3O2/c1-3-6-27-19-15(21)8-12(9-18(19)26-2)7-13(11-23)20-24-16-5-4-14(22)10-17(16)25-20/h1,4-5,7-10H,6H2,2H3,(H,24,25)/b13-7-. The zero-order valence-electron chi connectivity index (χ0n) is 14.2. The lowest BCUT2D eigenvalue weighted by atomic mass is 10.1. The Balaban J connectivity index is 2.03. The van der Waals surface area contributed by atoms with E-state index in [9.17, 15) is 9.65 Å². The molecular weight excluding hydrogens is 369 g/mol. The molecule has 0 bridgehead atoms. The molecule has 134 valence electrons. The molecule has 1 N–H and O–H groups in total. The normalized spacial score (nSPS) is 11.1. The summed E-state index contributed by atoms with van der Waals surface area (Å²) >= 11 is 6.25. The van der Waals surface area contributed by atoms with Crippen LogP contribution in [-0.4, -0.2) is 23.7 Å². The van der Waals surface area contributed by atoms with Crippen molar-refractivity contribution in [3.05, 3.63) is 52.6 Å². The third kappa shape index (κ3) is 3.87. The van der Waals surface area contributed by atoms with Gasteiger partial charge in [-0.1, -0.05) is 17.5 Å². The lowest BCUT2D eigenvalue weighted by Crippen LogP contribution is -1.98. The topological polar surface area (TPSA) is 70.9 Å². The number of aromatic amines is 1. The monoisotopic (exact) mass is 381 g/mol. The number of ether oxygens (including phenoxy) is 2. The van der Waals surface area contributed by atoms with Gasteiger partial charge in [-0.3, -0.25) is 0 Å². The summed E-state index contributed by atoms with van der Waals surface area (Å²) in [4.78, 5) is 7.26. The fraction of sp³-hybridized carbons (Fsp3) is 0.100. The molecule has 0 spiro atoms. The van der Waals surface area contributed by atoms with Crippen molar-refractivity contribution in [3.63, 3.8) is 0 Å². The average molecular weight is 382 g/mol. The number of benzene rings is 2. The maximum atomic E-state index is 13.3. The Bertz CT molecular complexity index is 1120. The first-order chi connectivity index (χ1) is 13.0. The van der Waals surface area contributed by atoms with Crippen LogP contribution in [0.3, 0.4) is 0 Å². The smallest absolute Gasteiger partial charge is 0.181 e. The molecule has 3 rings (SSSR count). The third-order valence-electron chi connectivity index (χ3n) is 3.68. The third-order valence-corrected chi connectivity index (χ3v) is 3.96. The van der Waals surface area contributed by atoms with Crippen molar-refractivity contribution in [2.45, 2.75) is 0 Å². The summed E-state index contributed by atoms with van der Waals surface area (Å²) in [6.45, 7) is 0.0459. The molecule has 1 heterocycles. The predicted octanol–water partition coefficient (Wildman–Crippen LogP) is 4.44. The number of methoxy groups -OCH3 is 1. The van der Waals surface area contributed by atoms with Gasteiger partial charge in [0.1, 0.15) is 24.3 Å². The maximum Gasteiger partial charge on any atom is 0.181 e. The van der Waals surface area contributed by atoms with E-state index < -0.39 is 0 Å². The Kier molecular flexibility index (Phi) is 5.30. The van der Waals surface area contributed by atoms with Crippen molar-refractivity contribution in [2.75, 3.05) is 13.7 Å². The van der Waals surface area contributed by atoms with E-state index in [-0.39, 0.29) is 18.0 Å². The SMILES string of the molecule is C#CCOc1c(Cl)cc(/C=C(/C#N)c2nc3ccc(F)cc3[nH]2)cc1OC. The molecule has 2 aromatic carbocycles. The number of H-pyrrole nitrogens is 1. The molecule has 0 aliphatic heterocycles. The summed E-state index contributed by atoms with van der Waals surface area (Å²) < 4.78 is 24.0. The number of fused-ring (bicyclic) bond motifs is 1. The molecule has 7 heteroatoms. The van der Waals surface area contributed by atoms with Crippen LogP contribution in [0.4, 0.5) is 4.39 Å². The van der Waals surface area contributed by atoms with Crippen molar-refractivity contribution >= 4 is 34.3 Å². The Morgan fingerprint density at radius 3 is 2.93 bits per heavy atom. The molecule has 0 aliphatic carbocycles. The summed E-state index contributed by atoms with van der Waals surface area (Å²) in [6, 6.07) is 9.53. The number of terminal acetylenes is 1. The van der Waals surface area contributed by atoms with Crippen molar-refractivity contribution in [3.8, 4) is 29.9 Å². The van der Waals surface area contributed by atoms with E-state index in [0.717, 1.165) is 0 Å². The lowest BCUT2D eigenvalue weighted by molar-refractivity contribution is 0.331. The van der Waals surface area contributed by atoms with E-state index in [4.69, 9.17) is 27.5 Å². The van der Waals surface area contributed by atoms with Gasteiger partial charge >= 0.3 is 0 Å². The fourth-order valence-electron chi connectivity index (χ4n) is 2.51. The number of hydrogen-bond donors (Lipinski definition) is 1. The van der Waals surface area contributed by atoms with Crippen molar-refractivity contribution in [2.24, 2.45) is 0 Å². The number of nitriles is 1. The zero-order valence-corrected chi connectivity index (χ0v) is 15.0. The van der Waals surface area contributed by atoms with Gasteiger partial charge in [0, 0.05) is 0 Å². The Hall–Kier alpha value is -3.48. The van der Waals surface area contributed by atoms with E-state index in [2.05, 4.69) is 22.0 Å². The quantitative estimate of drug-likeness (QED) is 0.524. The predicted molar refractivity (Wildman–Crippen MR) is 102 cm³/mol. The van der Waals surface area contributed by atoms with Crippen LogP contribution < -0.4 is 9.47 Å². The molecule has 0 radical (unpaired) electrons. The molecule has 0 fully saturated rings. The molecule has 0 unspecified atom stereocenters. The van der Waals surface area contributed by atoms with Gasteiger partial charge in [0.2, 0.25) is 0 Å². The lowest BCUT2D eigenvalue weighted by Gasteiger charge is -2.11. The van der Waals surface area contributed by atoms with Gasteiger partial charge < -0.3 is 14.5 Å². The van der Waals surface area contributed by atoms with E-state index in [1.165, 1.54) is 25.3 Å². The minimum absolute atomic E-state index is 0.0459. The molecule has 0 saturated heterocycles. The summed E-state index contributed by atoms with van der Waals surface area (Å²) in [5.74, 6) is 3.00. The van der Waals surface area contributed by atoms with Crippen LogP contribution in [-0.2, 0) is 0 Å². The molecule has 0 amide bonds. The highest BCUT2D eigenvalue weighted by atomic mass is 35.5. The highest BCUT2D eigenvalue weighted by Gasteiger charge is 2.13. The fourth-order valence-corrected chi connectivity index (χ4v) is 2.78. The van der Waals surface area contributed by atoms with E-state index in [1.54, 1.807) is 18.2 Å². The molecule has 0 saturated carbocycles. The van der Waals surface area contributed by atoms with Crippen LogP contribution in [0, 0.1) is 29.5 Å². The highest BCUT2D eigenvalue weighted by molar-refractivity contribution is 6.32. The van der Waals surface area contributed by atoms with E-state index in [1.807, 2.05) is 0 Å². The van der Waals surface area contributed by atoms with Gasteiger partial charge in [-0.2, -0.15) is 5.26 Å². The van der Waals surface area contributed by atoms with Gasteiger partial charge in [-0.05, 0) is 42.0 Å². The first kappa shape index (κ1) is 18.3. The number of imidazole rings is 1. The van der Waals surface area contributed by atoms with Crippen LogP contribution in [0.15, 0.2) is 30.3 Å². The van der Waals surface area contributed by atoms with Crippen LogP contribution in [0.25, 0.3) is 22.7 Å². The molecule has 1 aromatic heterocycles. The number of nitrogens with zero attached hydrogens (tertiary/aromatic N) is 2. The molecule has 0 aliphatic rings. The summed E-state index contributed by atoms with van der Waals surface area (Å²) in [7, 11) is 1.47. The van der Waals surface area contributed by atoms with Gasteiger partial charge in [-0.15, -0.1) is 6.42 Å². The second kappa shape index (κ2) is 7.82. The molecular formula is C20H13ClFN3O2. The largest absolute Gasteiger partial charge is 0.493 e. The molecule has 3 aromatic rings. The number of nitrogens with one attached hydrogen (secondary N) is 1. The maximum absolute atomic E-state index is 13.3. The van der Waals surface area contributed by atoms with Crippen LogP contribution >= 0.6 is 11.6 Å². The average Bonchev–Trinajstić information content (AvgIpc) is 3.07. The second-order valence-electron chi connectivity index (χ2n) is 5.44. The van der Waals surface area contributed by atoms with Crippen molar-refractivity contribution < 1.29 is 13.9 Å². The molecule has 5 nitrogen and oxygen atoms in total. The van der Waals surface area contributed by atoms with Gasteiger partial charge in [0.15, 0.2) is 11.5 Å². The van der Waals surface area contributed by atoms with E-state index >= 15 is 0 Å². The summed E-state index contributed by atoms with van der Waals surface area (Å²) in [6.07, 6.45) is 6.79. The Morgan fingerprint density at radius 1 is 1.41 bits per heavy atom. The number of rotatable bonds is 5. The van der Waals surface area contributed by atoms with Crippen molar-refractivity contribution in [1.82, 2.24) is 9.97 Å². The minimum Gasteiger partial charge on any atom is -0.493 e. The second-order valence-corrected chi connectivity index (χ2v) is 5.85. The van der Waals surface area contributed by atoms with Gasteiger partial charge in [0.25, 0.3) is 0 Å². The van der Waals surface area contributed by atoms with Crippen LogP contribution in [0.2, 0.25) is 5.02 Å². The first-order valence-electron chi connectivity index (χ1n) is 7.77. The number of halogens is 2. The summed E-state index contributed by atoms with van der Waals surface area (Å²) in [5, 5.41) is 9.82. The number of hydrogen-bond acceptors (Lipinski definition) is 4. The Labute approximate surface area is 160 Å². The van der Waals surface area contributed by atoms with Gasteiger partial charge in [-0.25, -0.2) is 9.37 Å². The minimum atomic E-state index is -0.390. The van der Waals surface area contributed by atoms with Gasteiger partial charge in [0.05, 0.1) is 28.7 Å². The molecule has 27 heavy (non-hydrogen) atoms. The number of aromatic nitrogens is 2. The molecule has 0 atom stereocenters. The summed E-state index contributed by atoms with van der Waals surface area (Å²) in [5.41, 5.74) is 1.91. The first-order valence-corrected chi connectivity index (χ1v) is 8.14. The Morgan fingerprint density at radius 2 is 2.22 bits per heavy atom. The van der Waals surface area contributed by atoms with E-state index in [0.29, 0.717) is 38.9 Å². The van der Waals surface area contributed by atoms with Crippen molar-refractivity contribution in [1.29, 1.82) is 5.26 Å². The highest BCUT2D eigenvalue weighted by Crippen LogP contribution is 2.37. The van der Waals surface area contributed by atoms with Crippen LogP contribution in [0.5, 0.6) is 11.5 Å². The van der Waals surface area contributed by atoms with Crippen LogP contribution in [0.1, 0.15) is 11.4 Å².